The standard InChI is InChI=1S/C21H25NO6/c1-3-6-17(20(24)25)22-19(23)12(2)27-13-9-10-15-14-7-4-5-8-16(14)21(26)28-18(15)11-13/h9-12,17H,3-8H2,1-2H3,(H,22,23)(H,24,25)/t12-,17-/m1/s1. The minimum Gasteiger partial charge on any atom is -0.481 e. The van der Waals surface area contributed by atoms with Gasteiger partial charge in [0, 0.05) is 17.0 Å². The quantitative estimate of drug-likeness (QED) is 0.708. The van der Waals surface area contributed by atoms with Gasteiger partial charge in [-0.3, -0.25) is 4.79 Å². The fourth-order valence-corrected chi connectivity index (χ4v) is 3.59. The summed E-state index contributed by atoms with van der Waals surface area (Å²) in [5.74, 6) is -1.19. The Hall–Kier alpha value is -2.83. The fraction of sp³-hybridized carbons (Fsp3) is 0.476. The number of fused-ring (bicyclic) bond motifs is 3. The van der Waals surface area contributed by atoms with Crippen molar-refractivity contribution in [3.05, 3.63) is 39.7 Å². The molecule has 0 unspecified atom stereocenters. The van der Waals surface area contributed by atoms with Crippen molar-refractivity contribution in [1.29, 1.82) is 0 Å². The maximum atomic E-state index is 12.3. The summed E-state index contributed by atoms with van der Waals surface area (Å²) in [7, 11) is 0. The van der Waals surface area contributed by atoms with E-state index in [1.54, 1.807) is 19.1 Å². The lowest BCUT2D eigenvalue weighted by Gasteiger charge is -2.19. The van der Waals surface area contributed by atoms with Crippen molar-refractivity contribution in [2.24, 2.45) is 0 Å². The van der Waals surface area contributed by atoms with Crippen LogP contribution in [0.1, 0.15) is 50.7 Å². The van der Waals surface area contributed by atoms with E-state index in [0.29, 0.717) is 24.2 Å². The van der Waals surface area contributed by atoms with E-state index >= 15 is 0 Å². The number of carbonyl (C=O) groups excluding carboxylic acids is 1. The van der Waals surface area contributed by atoms with E-state index in [4.69, 9.17) is 14.3 Å². The predicted octanol–water partition coefficient (Wildman–Crippen LogP) is 2.81. The van der Waals surface area contributed by atoms with Crippen LogP contribution in [0, 0.1) is 0 Å². The molecule has 2 atom stereocenters. The third kappa shape index (κ3) is 4.18. The van der Waals surface area contributed by atoms with Gasteiger partial charge in [-0.15, -0.1) is 0 Å². The van der Waals surface area contributed by atoms with Crippen LogP contribution in [0.5, 0.6) is 5.75 Å². The summed E-state index contributed by atoms with van der Waals surface area (Å²) in [5.41, 5.74) is 1.92. The third-order valence-corrected chi connectivity index (χ3v) is 5.07. The first-order valence-corrected chi connectivity index (χ1v) is 9.69. The first-order chi connectivity index (χ1) is 13.4. The first-order valence-electron chi connectivity index (χ1n) is 9.69. The molecule has 7 nitrogen and oxygen atoms in total. The first kappa shape index (κ1) is 19.9. The molecule has 2 aromatic rings. The van der Waals surface area contributed by atoms with Gasteiger partial charge < -0.3 is 19.6 Å². The van der Waals surface area contributed by atoms with Gasteiger partial charge in [-0.1, -0.05) is 13.3 Å². The molecule has 0 spiro atoms. The Morgan fingerprint density at radius 3 is 2.64 bits per heavy atom. The molecule has 1 aliphatic rings. The molecule has 1 aromatic heterocycles. The van der Waals surface area contributed by atoms with Crippen LogP contribution in [-0.2, 0) is 22.4 Å². The number of carboxylic acids is 1. The van der Waals surface area contributed by atoms with Crippen LogP contribution in [0.25, 0.3) is 11.0 Å². The highest BCUT2D eigenvalue weighted by Crippen LogP contribution is 2.29. The number of hydrogen-bond donors (Lipinski definition) is 2. The molecule has 0 radical (unpaired) electrons. The zero-order valence-corrected chi connectivity index (χ0v) is 16.1. The van der Waals surface area contributed by atoms with Crippen LogP contribution in [0.3, 0.4) is 0 Å². The second kappa shape index (κ2) is 8.46. The smallest absolute Gasteiger partial charge is 0.339 e. The van der Waals surface area contributed by atoms with Crippen molar-refractivity contribution in [1.82, 2.24) is 5.32 Å². The summed E-state index contributed by atoms with van der Waals surface area (Å²) in [5, 5.41) is 12.6. The van der Waals surface area contributed by atoms with Crippen molar-refractivity contribution in [3.63, 3.8) is 0 Å². The number of carboxylic acid groups (broad SMARTS) is 1. The number of aliphatic carboxylic acids is 1. The van der Waals surface area contributed by atoms with Gasteiger partial charge >= 0.3 is 11.6 Å². The van der Waals surface area contributed by atoms with E-state index in [2.05, 4.69) is 5.32 Å². The average molecular weight is 387 g/mol. The van der Waals surface area contributed by atoms with Gasteiger partial charge in [0.25, 0.3) is 5.91 Å². The van der Waals surface area contributed by atoms with Gasteiger partial charge in [0.2, 0.25) is 0 Å². The van der Waals surface area contributed by atoms with E-state index in [1.165, 1.54) is 0 Å². The van der Waals surface area contributed by atoms with Crippen LogP contribution >= 0.6 is 0 Å². The Bertz CT molecular complexity index is 948. The Labute approximate surface area is 162 Å². The maximum Gasteiger partial charge on any atom is 0.339 e. The Morgan fingerprint density at radius 2 is 1.96 bits per heavy atom. The summed E-state index contributed by atoms with van der Waals surface area (Å²) in [6.07, 6.45) is 3.73. The average Bonchev–Trinajstić information content (AvgIpc) is 2.67. The molecule has 1 aliphatic carbocycles. The minimum atomic E-state index is -1.07. The summed E-state index contributed by atoms with van der Waals surface area (Å²) in [6, 6.07) is 4.25. The third-order valence-electron chi connectivity index (χ3n) is 5.07. The molecule has 2 N–H and O–H groups in total. The Balaban J connectivity index is 1.78. The molecular formula is C21H25NO6. The molecule has 0 aliphatic heterocycles. The molecule has 0 fully saturated rings. The second-order valence-corrected chi connectivity index (χ2v) is 7.16. The lowest BCUT2D eigenvalue weighted by molar-refractivity contribution is -0.143. The lowest BCUT2D eigenvalue weighted by Crippen LogP contribution is -2.46. The normalized spacial score (nSPS) is 15.5. The molecule has 150 valence electrons. The topological polar surface area (TPSA) is 106 Å². The molecule has 0 saturated carbocycles. The molecule has 0 saturated heterocycles. The Morgan fingerprint density at radius 1 is 1.25 bits per heavy atom. The summed E-state index contributed by atoms with van der Waals surface area (Å²) >= 11 is 0. The maximum absolute atomic E-state index is 12.3. The van der Waals surface area contributed by atoms with Gasteiger partial charge in [-0.2, -0.15) is 0 Å². The number of amides is 1. The zero-order chi connectivity index (χ0) is 20.3. The van der Waals surface area contributed by atoms with Crippen molar-refractivity contribution in [3.8, 4) is 5.75 Å². The van der Waals surface area contributed by atoms with Crippen molar-refractivity contribution in [2.75, 3.05) is 0 Å². The fourth-order valence-electron chi connectivity index (χ4n) is 3.59. The van der Waals surface area contributed by atoms with E-state index in [9.17, 15) is 14.4 Å². The highest BCUT2D eigenvalue weighted by Gasteiger charge is 2.24. The zero-order valence-electron chi connectivity index (χ0n) is 16.1. The molecule has 0 bridgehead atoms. The summed E-state index contributed by atoms with van der Waals surface area (Å²) in [6.45, 7) is 3.40. The second-order valence-electron chi connectivity index (χ2n) is 7.16. The largest absolute Gasteiger partial charge is 0.481 e. The van der Waals surface area contributed by atoms with Gasteiger partial charge in [0.15, 0.2) is 6.10 Å². The minimum absolute atomic E-state index is 0.311. The number of carbonyl (C=O) groups is 2. The van der Waals surface area contributed by atoms with Crippen molar-refractivity contribution >= 4 is 22.8 Å². The lowest BCUT2D eigenvalue weighted by atomic mass is 9.91. The van der Waals surface area contributed by atoms with E-state index in [1.807, 2.05) is 13.0 Å². The van der Waals surface area contributed by atoms with Crippen LogP contribution in [0.2, 0.25) is 0 Å². The number of nitrogens with one attached hydrogen (secondary N) is 1. The van der Waals surface area contributed by atoms with Crippen LogP contribution in [0.15, 0.2) is 27.4 Å². The summed E-state index contributed by atoms with van der Waals surface area (Å²) < 4.78 is 11.1. The molecule has 3 rings (SSSR count). The number of aryl methyl sites for hydroxylation is 1. The SMILES string of the molecule is CCC[C@@H](NC(=O)[C@@H](C)Oc1ccc2c3c(c(=O)oc2c1)CCCC3)C(=O)O. The van der Waals surface area contributed by atoms with E-state index in [-0.39, 0.29) is 5.63 Å². The number of ether oxygens (including phenoxy) is 1. The molecule has 1 aromatic carbocycles. The molecule has 1 amide bonds. The van der Waals surface area contributed by atoms with Crippen LogP contribution in [0.4, 0.5) is 0 Å². The Kier molecular flexibility index (Phi) is 6.02. The molecule has 1 heterocycles. The van der Waals surface area contributed by atoms with Gasteiger partial charge in [-0.25, -0.2) is 9.59 Å². The van der Waals surface area contributed by atoms with E-state index in [0.717, 1.165) is 42.2 Å². The van der Waals surface area contributed by atoms with Crippen molar-refractivity contribution in [2.45, 2.75) is 64.5 Å². The highest BCUT2D eigenvalue weighted by atomic mass is 16.5. The number of benzene rings is 1. The molecular weight excluding hydrogens is 362 g/mol. The monoisotopic (exact) mass is 387 g/mol. The molecule has 7 heteroatoms. The number of hydrogen-bond acceptors (Lipinski definition) is 5. The van der Waals surface area contributed by atoms with Crippen molar-refractivity contribution < 1.29 is 23.8 Å². The van der Waals surface area contributed by atoms with Gasteiger partial charge in [-0.05, 0) is 56.7 Å². The molecule has 28 heavy (non-hydrogen) atoms. The highest BCUT2D eigenvalue weighted by molar-refractivity contribution is 5.86. The van der Waals surface area contributed by atoms with Crippen LogP contribution in [-0.4, -0.2) is 29.1 Å². The predicted molar refractivity (Wildman–Crippen MR) is 104 cm³/mol. The summed E-state index contributed by atoms with van der Waals surface area (Å²) in [4.78, 5) is 35.7. The van der Waals surface area contributed by atoms with Gasteiger partial charge in [0.1, 0.15) is 17.4 Å². The van der Waals surface area contributed by atoms with Crippen LogP contribution < -0.4 is 15.7 Å². The number of rotatable bonds is 7. The van der Waals surface area contributed by atoms with E-state index < -0.39 is 24.0 Å². The van der Waals surface area contributed by atoms with Gasteiger partial charge in [0.05, 0.1) is 0 Å².